The van der Waals surface area contributed by atoms with Crippen molar-refractivity contribution in [3.8, 4) is 0 Å². The third-order valence-corrected chi connectivity index (χ3v) is 5.07. The summed E-state index contributed by atoms with van der Waals surface area (Å²) < 4.78 is 22.7. The first-order valence-electron chi connectivity index (χ1n) is 5.70. The van der Waals surface area contributed by atoms with Crippen molar-refractivity contribution in [3.05, 3.63) is 0 Å². The molecule has 1 unspecified atom stereocenters. The minimum atomic E-state index is -2.83. The molecule has 1 N–H and O–H groups in total. The highest BCUT2D eigenvalue weighted by Gasteiger charge is 2.31. The standard InChI is InChI=1S/C10H20N2O2S/c1-15(13,14)10-4-6-12(8-10)7-9-3-2-5-11-9/h9-11H,2-8H2,1H3/t9-,10?/m0/s1. The van der Waals surface area contributed by atoms with Gasteiger partial charge in [-0.1, -0.05) is 0 Å². The highest BCUT2D eigenvalue weighted by molar-refractivity contribution is 7.91. The molecule has 2 saturated heterocycles. The zero-order valence-corrected chi connectivity index (χ0v) is 10.1. The van der Waals surface area contributed by atoms with Gasteiger partial charge in [0.05, 0.1) is 5.25 Å². The van der Waals surface area contributed by atoms with Crippen LogP contribution in [0.1, 0.15) is 19.3 Å². The van der Waals surface area contributed by atoms with Crippen LogP contribution in [0.3, 0.4) is 0 Å². The monoisotopic (exact) mass is 232 g/mol. The second-order valence-corrected chi connectivity index (χ2v) is 7.12. The van der Waals surface area contributed by atoms with Gasteiger partial charge in [0.2, 0.25) is 0 Å². The molecule has 0 amide bonds. The van der Waals surface area contributed by atoms with Gasteiger partial charge in [-0.25, -0.2) is 8.42 Å². The Kier molecular flexibility index (Phi) is 3.33. The molecule has 4 nitrogen and oxygen atoms in total. The molecular weight excluding hydrogens is 212 g/mol. The summed E-state index contributed by atoms with van der Waals surface area (Å²) in [5, 5.41) is 3.32. The molecule has 0 aliphatic carbocycles. The summed E-state index contributed by atoms with van der Waals surface area (Å²) in [7, 11) is -2.83. The van der Waals surface area contributed by atoms with Gasteiger partial charge < -0.3 is 10.2 Å². The fourth-order valence-electron chi connectivity index (χ4n) is 2.54. The number of nitrogens with zero attached hydrogens (tertiary/aromatic N) is 1. The van der Waals surface area contributed by atoms with Crippen LogP contribution in [0.5, 0.6) is 0 Å². The molecule has 2 heterocycles. The first-order chi connectivity index (χ1) is 7.05. The van der Waals surface area contributed by atoms with Gasteiger partial charge in [-0.2, -0.15) is 0 Å². The van der Waals surface area contributed by atoms with Gasteiger partial charge >= 0.3 is 0 Å². The van der Waals surface area contributed by atoms with Gasteiger partial charge in [-0.15, -0.1) is 0 Å². The molecule has 0 aromatic carbocycles. The SMILES string of the molecule is CS(=O)(=O)C1CCN(C[C@@H]2CCCN2)C1. The van der Waals surface area contributed by atoms with Crippen LogP contribution in [-0.4, -0.2) is 57.0 Å². The molecule has 2 atom stereocenters. The zero-order chi connectivity index (χ0) is 10.9. The molecule has 0 bridgehead atoms. The van der Waals surface area contributed by atoms with Crippen LogP contribution < -0.4 is 5.32 Å². The first kappa shape index (κ1) is 11.4. The van der Waals surface area contributed by atoms with Crippen molar-refractivity contribution in [1.29, 1.82) is 0 Å². The van der Waals surface area contributed by atoms with Gasteiger partial charge in [0.25, 0.3) is 0 Å². The summed E-state index contributed by atoms with van der Waals surface area (Å²) in [6, 6.07) is 0.586. The molecular formula is C10H20N2O2S. The summed E-state index contributed by atoms with van der Waals surface area (Å²) in [5.41, 5.74) is 0. The van der Waals surface area contributed by atoms with Gasteiger partial charge in [-0.3, -0.25) is 0 Å². The minimum Gasteiger partial charge on any atom is -0.313 e. The molecule has 15 heavy (non-hydrogen) atoms. The van der Waals surface area contributed by atoms with Crippen LogP contribution in [0.2, 0.25) is 0 Å². The largest absolute Gasteiger partial charge is 0.313 e. The van der Waals surface area contributed by atoms with E-state index in [0.717, 1.165) is 32.6 Å². The lowest BCUT2D eigenvalue weighted by Crippen LogP contribution is -2.37. The lowest BCUT2D eigenvalue weighted by Gasteiger charge is -2.20. The number of hydrogen-bond donors (Lipinski definition) is 1. The lowest BCUT2D eigenvalue weighted by atomic mass is 10.2. The molecule has 0 aromatic rings. The number of likely N-dealkylation sites (tertiary alicyclic amines) is 1. The fourth-order valence-corrected chi connectivity index (χ4v) is 3.55. The Morgan fingerprint density at radius 2 is 2.20 bits per heavy atom. The van der Waals surface area contributed by atoms with E-state index in [1.165, 1.54) is 19.1 Å². The van der Waals surface area contributed by atoms with Gasteiger partial charge in [0.15, 0.2) is 9.84 Å². The maximum absolute atomic E-state index is 11.4. The second kappa shape index (κ2) is 4.39. The smallest absolute Gasteiger partial charge is 0.151 e. The van der Waals surface area contributed by atoms with Crippen molar-refractivity contribution < 1.29 is 8.42 Å². The highest BCUT2D eigenvalue weighted by atomic mass is 32.2. The minimum absolute atomic E-state index is 0.126. The lowest BCUT2D eigenvalue weighted by molar-refractivity contribution is 0.303. The Labute approximate surface area is 91.9 Å². The van der Waals surface area contributed by atoms with Crippen molar-refractivity contribution in [2.24, 2.45) is 0 Å². The Morgan fingerprint density at radius 1 is 1.40 bits per heavy atom. The number of sulfone groups is 1. The van der Waals surface area contributed by atoms with Crippen LogP contribution in [-0.2, 0) is 9.84 Å². The Balaban J connectivity index is 1.82. The molecule has 2 rings (SSSR count). The van der Waals surface area contributed by atoms with Crippen LogP contribution in [0.4, 0.5) is 0 Å². The summed E-state index contributed by atoms with van der Waals surface area (Å²) in [5.74, 6) is 0. The average Bonchev–Trinajstić information content (AvgIpc) is 2.73. The summed E-state index contributed by atoms with van der Waals surface area (Å²) in [6.07, 6.45) is 4.66. The van der Waals surface area contributed by atoms with E-state index in [2.05, 4.69) is 10.2 Å². The third kappa shape index (κ3) is 2.92. The molecule has 0 saturated carbocycles. The zero-order valence-electron chi connectivity index (χ0n) is 9.28. The maximum Gasteiger partial charge on any atom is 0.151 e. The van der Waals surface area contributed by atoms with Crippen molar-refractivity contribution in [3.63, 3.8) is 0 Å². The third-order valence-electron chi connectivity index (χ3n) is 3.48. The van der Waals surface area contributed by atoms with E-state index >= 15 is 0 Å². The maximum atomic E-state index is 11.4. The van der Waals surface area contributed by atoms with Crippen molar-refractivity contribution in [2.75, 3.05) is 32.4 Å². The van der Waals surface area contributed by atoms with E-state index < -0.39 is 9.84 Å². The summed E-state index contributed by atoms with van der Waals surface area (Å²) in [6.45, 7) is 3.81. The van der Waals surface area contributed by atoms with E-state index in [1.807, 2.05) is 0 Å². The average molecular weight is 232 g/mol. The van der Waals surface area contributed by atoms with Gasteiger partial charge in [-0.05, 0) is 32.4 Å². The quantitative estimate of drug-likeness (QED) is 0.736. The van der Waals surface area contributed by atoms with Crippen molar-refractivity contribution in [1.82, 2.24) is 10.2 Å². The van der Waals surface area contributed by atoms with Gasteiger partial charge in [0.1, 0.15) is 0 Å². The molecule has 2 aliphatic rings. The molecule has 2 aliphatic heterocycles. The van der Waals surface area contributed by atoms with E-state index in [0.29, 0.717) is 6.04 Å². The number of hydrogen-bond acceptors (Lipinski definition) is 4. The number of rotatable bonds is 3. The number of nitrogens with one attached hydrogen (secondary N) is 1. The van der Waals surface area contributed by atoms with Crippen molar-refractivity contribution in [2.45, 2.75) is 30.6 Å². The highest BCUT2D eigenvalue weighted by Crippen LogP contribution is 2.17. The van der Waals surface area contributed by atoms with E-state index in [-0.39, 0.29) is 5.25 Å². The van der Waals surface area contributed by atoms with Crippen molar-refractivity contribution >= 4 is 9.84 Å². The molecule has 0 radical (unpaired) electrons. The second-order valence-electron chi connectivity index (χ2n) is 4.79. The van der Waals surface area contributed by atoms with E-state index in [9.17, 15) is 8.42 Å². The molecule has 88 valence electrons. The Hall–Kier alpha value is -0.130. The normalized spacial score (nSPS) is 33.7. The predicted molar refractivity (Wildman–Crippen MR) is 60.7 cm³/mol. The summed E-state index contributed by atoms with van der Waals surface area (Å²) in [4.78, 5) is 2.29. The topological polar surface area (TPSA) is 49.4 Å². The first-order valence-corrected chi connectivity index (χ1v) is 7.66. The van der Waals surface area contributed by atoms with Crippen LogP contribution >= 0.6 is 0 Å². The molecule has 0 spiro atoms. The van der Waals surface area contributed by atoms with Gasteiger partial charge in [0, 0.05) is 25.4 Å². The Bertz CT molecular complexity index is 309. The molecule has 2 fully saturated rings. The van der Waals surface area contributed by atoms with Crippen LogP contribution in [0, 0.1) is 0 Å². The Morgan fingerprint density at radius 3 is 2.73 bits per heavy atom. The molecule has 0 aromatic heterocycles. The predicted octanol–water partition coefficient (Wildman–Crippen LogP) is -0.143. The van der Waals surface area contributed by atoms with E-state index in [1.54, 1.807) is 0 Å². The summed E-state index contributed by atoms with van der Waals surface area (Å²) >= 11 is 0. The van der Waals surface area contributed by atoms with Crippen LogP contribution in [0.15, 0.2) is 0 Å². The van der Waals surface area contributed by atoms with Crippen LogP contribution in [0.25, 0.3) is 0 Å². The fraction of sp³-hybridized carbons (Fsp3) is 1.00. The van der Waals surface area contributed by atoms with E-state index in [4.69, 9.17) is 0 Å². The molecule has 5 heteroatoms.